The summed E-state index contributed by atoms with van der Waals surface area (Å²) >= 11 is 1.25. The van der Waals surface area contributed by atoms with E-state index in [-0.39, 0.29) is 12.2 Å². The molecule has 1 aromatic carbocycles. The van der Waals surface area contributed by atoms with E-state index < -0.39 is 12.0 Å². The Bertz CT molecular complexity index is 1460. The zero-order chi connectivity index (χ0) is 25.1. The molecule has 0 N–H and O–H groups in total. The molecular formula is C26H27N3O5S. The van der Waals surface area contributed by atoms with Crippen LogP contribution in [0.1, 0.15) is 31.2 Å². The van der Waals surface area contributed by atoms with Crippen molar-refractivity contribution in [3.63, 3.8) is 0 Å². The molecule has 3 aromatic rings. The maximum Gasteiger partial charge on any atom is 0.338 e. The van der Waals surface area contributed by atoms with Crippen LogP contribution in [0, 0.1) is 0 Å². The Labute approximate surface area is 206 Å². The molecule has 0 saturated carbocycles. The van der Waals surface area contributed by atoms with Crippen LogP contribution in [0.25, 0.3) is 6.08 Å². The van der Waals surface area contributed by atoms with Crippen molar-refractivity contribution in [2.24, 2.45) is 4.99 Å². The van der Waals surface area contributed by atoms with E-state index >= 15 is 0 Å². The van der Waals surface area contributed by atoms with Crippen LogP contribution in [0.5, 0.6) is 5.75 Å². The van der Waals surface area contributed by atoms with E-state index in [2.05, 4.69) is 11.6 Å². The van der Waals surface area contributed by atoms with E-state index in [0.717, 1.165) is 5.56 Å². The highest BCUT2D eigenvalue weighted by atomic mass is 32.1. The molecule has 9 heteroatoms. The molecule has 0 spiro atoms. The van der Waals surface area contributed by atoms with Crippen LogP contribution in [-0.4, -0.2) is 37.8 Å². The van der Waals surface area contributed by atoms with Crippen LogP contribution in [0.4, 0.5) is 5.88 Å². The van der Waals surface area contributed by atoms with Gasteiger partial charge in [-0.3, -0.25) is 9.36 Å². The molecule has 0 aliphatic carbocycles. The van der Waals surface area contributed by atoms with E-state index in [1.807, 2.05) is 43.3 Å². The van der Waals surface area contributed by atoms with Crippen LogP contribution in [0.3, 0.4) is 0 Å². The second-order valence-electron chi connectivity index (χ2n) is 8.04. The van der Waals surface area contributed by atoms with Gasteiger partial charge in [-0.05, 0) is 37.6 Å². The van der Waals surface area contributed by atoms with Crippen molar-refractivity contribution in [1.82, 2.24) is 4.57 Å². The topological polar surface area (TPSA) is 86.3 Å². The number of ether oxygens (including phenoxy) is 2. The number of hydrogen-bond donors (Lipinski definition) is 0. The molecule has 0 amide bonds. The lowest BCUT2D eigenvalue weighted by Crippen LogP contribution is -2.39. The van der Waals surface area contributed by atoms with E-state index in [9.17, 15) is 9.59 Å². The number of carbonyl (C=O) groups is 1. The third-order valence-corrected chi connectivity index (χ3v) is 6.39. The molecule has 3 heterocycles. The van der Waals surface area contributed by atoms with Gasteiger partial charge in [0.2, 0.25) is 0 Å². The molecule has 1 aliphatic rings. The monoisotopic (exact) mass is 493 g/mol. The second kappa shape index (κ2) is 10.2. The number of nitrogens with zero attached hydrogens (tertiary/aromatic N) is 3. The fourth-order valence-electron chi connectivity index (χ4n) is 3.80. The number of anilines is 1. The van der Waals surface area contributed by atoms with Crippen molar-refractivity contribution in [2.45, 2.75) is 19.9 Å². The molecule has 0 radical (unpaired) electrons. The highest BCUT2D eigenvalue weighted by molar-refractivity contribution is 7.07. The summed E-state index contributed by atoms with van der Waals surface area (Å²) in [6.45, 7) is 7.76. The SMILES string of the molecule is C=CCOc1ccc(C2C(C(=O)OCC)=C(C)N=c3s/c(=C/c4ccc(N(C)C)o4)c(=O)n32)cc1. The van der Waals surface area contributed by atoms with E-state index in [0.29, 0.717) is 44.6 Å². The lowest BCUT2D eigenvalue weighted by molar-refractivity contribution is -0.139. The first-order valence-electron chi connectivity index (χ1n) is 11.1. The van der Waals surface area contributed by atoms with Gasteiger partial charge in [-0.15, -0.1) is 0 Å². The summed E-state index contributed by atoms with van der Waals surface area (Å²) in [6.07, 6.45) is 3.36. The standard InChI is InChI=1S/C26H27N3O5S/c1-6-14-33-18-10-8-17(9-11-18)23-22(25(31)32-7-2)16(3)27-26-29(23)24(30)20(35-26)15-19-12-13-21(34-19)28(4)5/h6,8-13,15,23H,1,7,14H2,2-5H3/b20-15+. The van der Waals surface area contributed by atoms with Gasteiger partial charge in [-0.1, -0.05) is 36.1 Å². The molecular weight excluding hydrogens is 466 g/mol. The van der Waals surface area contributed by atoms with Crippen molar-refractivity contribution < 1.29 is 18.7 Å². The van der Waals surface area contributed by atoms with Gasteiger partial charge in [0.25, 0.3) is 5.56 Å². The first-order chi connectivity index (χ1) is 16.8. The minimum absolute atomic E-state index is 0.216. The highest BCUT2D eigenvalue weighted by Crippen LogP contribution is 2.31. The van der Waals surface area contributed by atoms with Crippen molar-refractivity contribution in [3.05, 3.63) is 91.3 Å². The molecule has 0 saturated heterocycles. The number of fused-ring (bicyclic) bond motifs is 1. The average Bonchev–Trinajstić information content (AvgIpc) is 3.42. The summed E-state index contributed by atoms with van der Waals surface area (Å²) in [6, 6.07) is 10.3. The average molecular weight is 494 g/mol. The molecule has 8 nitrogen and oxygen atoms in total. The van der Waals surface area contributed by atoms with Crippen LogP contribution < -0.4 is 24.5 Å². The Kier molecular flexibility index (Phi) is 7.07. The lowest BCUT2D eigenvalue weighted by Gasteiger charge is -2.24. The quantitative estimate of drug-likeness (QED) is 0.354. The van der Waals surface area contributed by atoms with Crippen LogP contribution in [0.15, 0.2) is 74.5 Å². The molecule has 35 heavy (non-hydrogen) atoms. The maximum absolute atomic E-state index is 13.6. The third kappa shape index (κ3) is 4.85. The van der Waals surface area contributed by atoms with Gasteiger partial charge in [-0.2, -0.15) is 0 Å². The van der Waals surface area contributed by atoms with Crippen LogP contribution in [-0.2, 0) is 9.53 Å². The van der Waals surface area contributed by atoms with Crippen molar-refractivity contribution >= 4 is 29.3 Å². The molecule has 2 aromatic heterocycles. The van der Waals surface area contributed by atoms with Crippen LogP contribution >= 0.6 is 11.3 Å². The molecule has 182 valence electrons. The molecule has 0 bridgehead atoms. The van der Waals surface area contributed by atoms with Gasteiger partial charge >= 0.3 is 5.97 Å². The number of allylic oxidation sites excluding steroid dienone is 1. The Balaban J connectivity index is 1.86. The summed E-state index contributed by atoms with van der Waals surface area (Å²) in [5.74, 6) is 1.40. The highest BCUT2D eigenvalue weighted by Gasteiger charge is 2.33. The van der Waals surface area contributed by atoms with Crippen molar-refractivity contribution in [2.75, 3.05) is 32.2 Å². The van der Waals surface area contributed by atoms with Crippen molar-refractivity contribution in [3.8, 4) is 5.75 Å². The summed E-state index contributed by atoms with van der Waals surface area (Å²) in [7, 11) is 3.76. The Morgan fingerprint density at radius 2 is 2.00 bits per heavy atom. The summed E-state index contributed by atoms with van der Waals surface area (Å²) in [4.78, 5) is 33.5. The number of benzene rings is 1. The molecule has 1 unspecified atom stereocenters. The Morgan fingerprint density at radius 1 is 1.26 bits per heavy atom. The zero-order valence-corrected chi connectivity index (χ0v) is 20.9. The Morgan fingerprint density at radius 3 is 2.63 bits per heavy atom. The van der Waals surface area contributed by atoms with Gasteiger partial charge in [0.05, 0.1) is 28.5 Å². The predicted octanol–water partition coefficient (Wildman–Crippen LogP) is 3.02. The summed E-state index contributed by atoms with van der Waals surface area (Å²) in [5.41, 5.74) is 1.33. The zero-order valence-electron chi connectivity index (χ0n) is 20.1. The van der Waals surface area contributed by atoms with E-state index in [1.165, 1.54) is 11.3 Å². The van der Waals surface area contributed by atoms with Gasteiger partial charge in [0, 0.05) is 26.2 Å². The van der Waals surface area contributed by atoms with Gasteiger partial charge in [0.15, 0.2) is 10.7 Å². The number of thiazole rings is 1. The van der Waals surface area contributed by atoms with Gasteiger partial charge in [0.1, 0.15) is 18.1 Å². The number of carbonyl (C=O) groups excluding carboxylic acids is 1. The van der Waals surface area contributed by atoms with E-state index in [4.69, 9.17) is 13.9 Å². The molecule has 4 rings (SSSR count). The largest absolute Gasteiger partial charge is 0.490 e. The molecule has 1 atom stereocenters. The first kappa shape index (κ1) is 24.3. The second-order valence-corrected chi connectivity index (χ2v) is 9.05. The first-order valence-corrected chi connectivity index (χ1v) is 12.0. The fraction of sp³-hybridized carbons (Fsp3) is 0.269. The molecule has 0 fully saturated rings. The number of hydrogen-bond acceptors (Lipinski definition) is 8. The van der Waals surface area contributed by atoms with Gasteiger partial charge in [-0.25, -0.2) is 9.79 Å². The fourth-order valence-corrected chi connectivity index (χ4v) is 4.82. The minimum atomic E-state index is -0.685. The number of furan rings is 1. The maximum atomic E-state index is 13.6. The molecule has 1 aliphatic heterocycles. The Hall–Kier alpha value is -3.85. The smallest absolute Gasteiger partial charge is 0.338 e. The normalized spacial score (nSPS) is 15.4. The van der Waals surface area contributed by atoms with Crippen molar-refractivity contribution in [1.29, 1.82) is 0 Å². The predicted molar refractivity (Wildman–Crippen MR) is 136 cm³/mol. The summed E-state index contributed by atoms with van der Waals surface area (Å²) in [5, 5.41) is 0. The third-order valence-electron chi connectivity index (χ3n) is 5.41. The van der Waals surface area contributed by atoms with E-state index in [1.54, 1.807) is 42.7 Å². The lowest BCUT2D eigenvalue weighted by atomic mass is 9.96. The minimum Gasteiger partial charge on any atom is -0.490 e. The van der Waals surface area contributed by atoms with Gasteiger partial charge < -0.3 is 18.8 Å². The van der Waals surface area contributed by atoms with Crippen LogP contribution in [0.2, 0.25) is 0 Å². The number of aromatic nitrogens is 1. The number of esters is 1. The number of rotatable bonds is 8. The summed E-state index contributed by atoms with van der Waals surface area (Å²) < 4.78 is 18.7.